The molecule has 1 nitrogen and oxygen atoms in total. The van der Waals surface area contributed by atoms with E-state index in [1.165, 1.54) is 16.7 Å². The van der Waals surface area contributed by atoms with Crippen molar-refractivity contribution >= 4 is 11.6 Å². The van der Waals surface area contributed by atoms with Crippen LogP contribution in [0.25, 0.3) is 11.3 Å². The number of furan rings is 1. The van der Waals surface area contributed by atoms with Crippen LogP contribution in [-0.2, 0) is 6.42 Å². The molecule has 0 atom stereocenters. The molecule has 0 bridgehead atoms. The predicted molar refractivity (Wildman–Crippen MR) is 87.9 cm³/mol. The Morgan fingerprint density at radius 1 is 0.952 bits per heavy atom. The summed E-state index contributed by atoms with van der Waals surface area (Å²) in [4.78, 5) is 0. The van der Waals surface area contributed by atoms with Crippen molar-refractivity contribution in [2.75, 3.05) is 0 Å². The van der Waals surface area contributed by atoms with Gasteiger partial charge in [-0.3, -0.25) is 0 Å². The highest BCUT2D eigenvalue weighted by Gasteiger charge is 2.08. The molecule has 0 saturated heterocycles. The van der Waals surface area contributed by atoms with E-state index in [1.54, 1.807) is 6.26 Å². The Balaban J connectivity index is 1.91. The lowest BCUT2D eigenvalue weighted by atomic mass is 9.97. The fraction of sp³-hybridized carbons (Fsp3) is 0.158. The topological polar surface area (TPSA) is 13.1 Å². The molecule has 3 aromatic rings. The van der Waals surface area contributed by atoms with Crippen molar-refractivity contribution in [3.63, 3.8) is 0 Å². The Morgan fingerprint density at radius 2 is 1.81 bits per heavy atom. The predicted octanol–water partition coefficient (Wildman–Crippen LogP) is 5.81. The van der Waals surface area contributed by atoms with Crippen LogP contribution in [0.15, 0.2) is 59.2 Å². The van der Waals surface area contributed by atoms with E-state index < -0.39 is 0 Å². The highest BCUT2D eigenvalue weighted by molar-refractivity contribution is 6.31. The van der Waals surface area contributed by atoms with Crippen LogP contribution >= 0.6 is 11.6 Å². The highest BCUT2D eigenvalue weighted by Crippen LogP contribution is 2.28. The molecule has 0 spiro atoms. The van der Waals surface area contributed by atoms with E-state index in [0.29, 0.717) is 0 Å². The van der Waals surface area contributed by atoms with E-state index in [4.69, 9.17) is 16.0 Å². The molecule has 0 fully saturated rings. The third-order valence-electron chi connectivity index (χ3n) is 3.74. The van der Waals surface area contributed by atoms with Gasteiger partial charge in [0.25, 0.3) is 0 Å². The highest BCUT2D eigenvalue weighted by atomic mass is 35.5. The Kier molecular flexibility index (Phi) is 3.85. The van der Waals surface area contributed by atoms with Crippen molar-refractivity contribution in [2.24, 2.45) is 0 Å². The number of rotatable bonds is 3. The molecular weight excluding hydrogens is 280 g/mol. The maximum absolute atomic E-state index is 6.45. The fourth-order valence-electron chi connectivity index (χ4n) is 2.48. The fourth-order valence-corrected chi connectivity index (χ4v) is 2.73. The quantitative estimate of drug-likeness (QED) is 0.594. The van der Waals surface area contributed by atoms with Gasteiger partial charge < -0.3 is 4.42 Å². The molecule has 3 rings (SSSR count). The molecule has 0 aliphatic rings. The molecule has 0 N–H and O–H groups in total. The van der Waals surface area contributed by atoms with Crippen LogP contribution in [0.5, 0.6) is 0 Å². The van der Waals surface area contributed by atoms with Gasteiger partial charge in [0.2, 0.25) is 0 Å². The van der Waals surface area contributed by atoms with Gasteiger partial charge in [0.05, 0.1) is 6.26 Å². The summed E-state index contributed by atoms with van der Waals surface area (Å²) >= 11 is 6.45. The number of aryl methyl sites for hydroxylation is 2. The Bertz CT molecular complexity index is 757. The summed E-state index contributed by atoms with van der Waals surface area (Å²) < 4.78 is 5.41. The number of hydrogen-bond donors (Lipinski definition) is 0. The second-order valence-electron chi connectivity index (χ2n) is 5.39. The Morgan fingerprint density at radius 3 is 2.52 bits per heavy atom. The zero-order valence-corrected chi connectivity index (χ0v) is 12.9. The SMILES string of the molecule is Cc1ccc(C)c(Cc2ccc(-c3ccco3)cc2Cl)c1. The molecule has 0 aliphatic heterocycles. The molecule has 0 aliphatic carbocycles. The van der Waals surface area contributed by atoms with Gasteiger partial charge in [-0.05, 0) is 55.2 Å². The summed E-state index contributed by atoms with van der Waals surface area (Å²) in [6, 6.07) is 16.5. The molecule has 21 heavy (non-hydrogen) atoms. The second-order valence-corrected chi connectivity index (χ2v) is 5.80. The zero-order valence-electron chi connectivity index (χ0n) is 12.2. The summed E-state index contributed by atoms with van der Waals surface area (Å²) in [6.07, 6.45) is 2.53. The van der Waals surface area contributed by atoms with Crippen LogP contribution in [0.3, 0.4) is 0 Å². The number of halogens is 1. The van der Waals surface area contributed by atoms with E-state index in [2.05, 4.69) is 44.2 Å². The normalized spacial score (nSPS) is 10.8. The van der Waals surface area contributed by atoms with Crippen molar-refractivity contribution in [3.05, 3.63) is 82.1 Å². The standard InChI is InChI=1S/C19H17ClO/c1-13-5-6-14(2)17(10-13)11-15-7-8-16(12-18(15)20)19-4-3-9-21-19/h3-10,12H,11H2,1-2H3. The van der Waals surface area contributed by atoms with E-state index in [0.717, 1.165) is 28.3 Å². The summed E-state index contributed by atoms with van der Waals surface area (Å²) in [6.45, 7) is 4.25. The van der Waals surface area contributed by atoms with Crippen LogP contribution in [0.1, 0.15) is 22.3 Å². The average molecular weight is 297 g/mol. The monoisotopic (exact) mass is 296 g/mol. The molecule has 2 aromatic carbocycles. The summed E-state index contributed by atoms with van der Waals surface area (Å²) in [5, 5.41) is 0.782. The first-order valence-electron chi connectivity index (χ1n) is 7.02. The van der Waals surface area contributed by atoms with Crippen molar-refractivity contribution in [3.8, 4) is 11.3 Å². The van der Waals surface area contributed by atoms with E-state index in [1.807, 2.05) is 18.2 Å². The van der Waals surface area contributed by atoms with E-state index >= 15 is 0 Å². The van der Waals surface area contributed by atoms with Gasteiger partial charge >= 0.3 is 0 Å². The molecule has 1 heterocycles. The molecule has 0 amide bonds. The molecule has 106 valence electrons. The zero-order chi connectivity index (χ0) is 14.8. The lowest BCUT2D eigenvalue weighted by molar-refractivity contribution is 0.582. The minimum atomic E-state index is 0.782. The molecule has 1 aromatic heterocycles. The van der Waals surface area contributed by atoms with E-state index in [-0.39, 0.29) is 0 Å². The average Bonchev–Trinajstić information content (AvgIpc) is 2.99. The van der Waals surface area contributed by atoms with Crippen molar-refractivity contribution in [1.29, 1.82) is 0 Å². The van der Waals surface area contributed by atoms with Gasteiger partial charge in [-0.1, -0.05) is 47.5 Å². The third-order valence-corrected chi connectivity index (χ3v) is 4.10. The van der Waals surface area contributed by atoms with Crippen molar-refractivity contribution in [2.45, 2.75) is 20.3 Å². The van der Waals surface area contributed by atoms with Crippen LogP contribution in [0.2, 0.25) is 5.02 Å². The van der Waals surface area contributed by atoms with Gasteiger partial charge in [0, 0.05) is 10.6 Å². The first-order valence-corrected chi connectivity index (χ1v) is 7.40. The van der Waals surface area contributed by atoms with Gasteiger partial charge in [-0.2, -0.15) is 0 Å². The van der Waals surface area contributed by atoms with Crippen LogP contribution in [0.4, 0.5) is 0 Å². The Labute approximate surface area is 130 Å². The molecule has 0 saturated carbocycles. The van der Waals surface area contributed by atoms with Crippen molar-refractivity contribution < 1.29 is 4.42 Å². The largest absolute Gasteiger partial charge is 0.464 e. The molecule has 0 unspecified atom stereocenters. The van der Waals surface area contributed by atoms with Crippen molar-refractivity contribution in [1.82, 2.24) is 0 Å². The van der Waals surface area contributed by atoms with E-state index in [9.17, 15) is 0 Å². The van der Waals surface area contributed by atoms with Gasteiger partial charge in [0.1, 0.15) is 5.76 Å². The molecule has 0 radical (unpaired) electrons. The summed E-state index contributed by atoms with van der Waals surface area (Å²) in [5.74, 6) is 0.843. The van der Waals surface area contributed by atoms with Crippen LogP contribution in [0, 0.1) is 13.8 Å². The first-order chi connectivity index (χ1) is 10.1. The Hall–Kier alpha value is -1.99. The minimum absolute atomic E-state index is 0.782. The number of hydrogen-bond acceptors (Lipinski definition) is 1. The number of benzene rings is 2. The van der Waals surface area contributed by atoms with Crippen LogP contribution in [-0.4, -0.2) is 0 Å². The first kappa shape index (κ1) is 14.0. The maximum atomic E-state index is 6.45. The minimum Gasteiger partial charge on any atom is -0.464 e. The third kappa shape index (κ3) is 3.03. The smallest absolute Gasteiger partial charge is 0.133 e. The van der Waals surface area contributed by atoms with Gasteiger partial charge in [0.15, 0.2) is 0 Å². The lowest BCUT2D eigenvalue weighted by Gasteiger charge is -2.10. The molecule has 2 heteroatoms. The summed E-state index contributed by atoms with van der Waals surface area (Å²) in [5.41, 5.74) is 6.05. The second kappa shape index (κ2) is 5.79. The maximum Gasteiger partial charge on any atom is 0.133 e. The van der Waals surface area contributed by atoms with Gasteiger partial charge in [-0.15, -0.1) is 0 Å². The lowest BCUT2D eigenvalue weighted by Crippen LogP contribution is -1.94. The van der Waals surface area contributed by atoms with Gasteiger partial charge in [-0.25, -0.2) is 0 Å². The van der Waals surface area contributed by atoms with Crippen LogP contribution < -0.4 is 0 Å². The summed E-state index contributed by atoms with van der Waals surface area (Å²) in [7, 11) is 0. The molecular formula is C19H17ClO.